The van der Waals surface area contributed by atoms with Crippen LogP contribution in [-0.4, -0.2) is 6.29 Å². The Kier molecular flexibility index (Phi) is 4.33. The largest absolute Gasteiger partial charge is 0.303 e. The number of hydrogen-bond acceptors (Lipinski definition) is 1. The van der Waals surface area contributed by atoms with Crippen LogP contribution in [0.3, 0.4) is 0 Å². The second-order valence-corrected chi connectivity index (χ2v) is 2.93. The zero-order valence-corrected chi connectivity index (χ0v) is 7.31. The Bertz CT molecular complexity index is 84.6. The minimum atomic E-state index is 0.307. The highest BCUT2D eigenvalue weighted by Crippen LogP contribution is 2.32. The van der Waals surface area contributed by atoms with E-state index in [4.69, 9.17) is 0 Å². The van der Waals surface area contributed by atoms with E-state index in [9.17, 15) is 4.79 Å². The zero-order valence-electron chi connectivity index (χ0n) is 7.31. The van der Waals surface area contributed by atoms with Crippen LogP contribution in [0.25, 0.3) is 0 Å². The van der Waals surface area contributed by atoms with E-state index < -0.39 is 0 Å². The molecule has 0 unspecified atom stereocenters. The fourth-order valence-corrected chi connectivity index (χ4v) is 1.36. The predicted octanol–water partition coefficient (Wildman–Crippen LogP) is 2.79. The quantitative estimate of drug-likeness (QED) is 0.539. The molecule has 0 saturated carbocycles. The number of aldehydes is 1. The number of rotatable bonds is 5. The third-order valence-corrected chi connectivity index (χ3v) is 2.77. The van der Waals surface area contributed by atoms with Gasteiger partial charge in [-0.15, -0.1) is 0 Å². The molecule has 0 aliphatic carbocycles. The third kappa shape index (κ3) is 2.13. The molecule has 0 bridgehead atoms. The van der Waals surface area contributed by atoms with Gasteiger partial charge in [-0.1, -0.05) is 40.0 Å². The molecular weight excluding hydrogens is 124 g/mol. The molecule has 1 nitrogen and oxygen atoms in total. The van der Waals surface area contributed by atoms with Gasteiger partial charge in [-0.2, -0.15) is 0 Å². The van der Waals surface area contributed by atoms with E-state index in [0.29, 0.717) is 5.41 Å². The van der Waals surface area contributed by atoms with Crippen LogP contribution in [0.5, 0.6) is 0 Å². The number of carbonyl (C=O) groups is 1. The number of hydrogen-bond donors (Lipinski definition) is 0. The maximum absolute atomic E-state index is 10.3. The Morgan fingerprint density at radius 2 is 1.50 bits per heavy atom. The molecule has 0 spiro atoms. The molecule has 0 aromatic rings. The smallest absolute Gasteiger partial charge is 0.120 e. The van der Waals surface area contributed by atoms with E-state index in [1.54, 1.807) is 0 Å². The van der Waals surface area contributed by atoms with Crippen molar-refractivity contribution in [3.05, 3.63) is 0 Å². The molecule has 0 aliphatic heterocycles. The second kappa shape index (κ2) is 4.48. The van der Waals surface area contributed by atoms with Crippen molar-refractivity contribution >= 4 is 6.29 Å². The van der Waals surface area contributed by atoms with Crippen LogP contribution in [0.15, 0.2) is 0 Å². The molecule has 0 amide bonds. The van der Waals surface area contributed by atoms with Crippen molar-refractivity contribution in [1.29, 1.82) is 0 Å². The van der Waals surface area contributed by atoms with Gasteiger partial charge in [0.2, 0.25) is 0 Å². The van der Waals surface area contributed by atoms with Crippen molar-refractivity contribution < 1.29 is 4.79 Å². The summed E-state index contributed by atoms with van der Waals surface area (Å²) in [5.74, 6) is 0. The molecule has 0 heterocycles. The van der Waals surface area contributed by atoms with Gasteiger partial charge < -0.3 is 4.79 Å². The molecule has 10 heavy (non-hydrogen) atoms. The van der Waals surface area contributed by atoms with E-state index in [2.05, 4.69) is 20.8 Å². The van der Waals surface area contributed by atoms with Crippen LogP contribution >= 0.6 is 0 Å². The van der Waals surface area contributed by atoms with Crippen molar-refractivity contribution in [3.63, 3.8) is 0 Å². The van der Waals surface area contributed by atoms with Gasteiger partial charge >= 0.3 is 0 Å². The second-order valence-electron chi connectivity index (χ2n) is 2.93. The lowest BCUT2D eigenvalue weighted by Gasteiger charge is -2.27. The first-order valence-electron chi connectivity index (χ1n) is 4.18. The van der Waals surface area contributed by atoms with Crippen LogP contribution in [-0.2, 0) is 4.79 Å². The minimum absolute atomic E-state index is 0.307. The Balaban J connectivity index is 4.00. The summed E-state index contributed by atoms with van der Waals surface area (Å²) in [6.07, 6.45) is 5.16. The highest BCUT2D eigenvalue weighted by Gasteiger charge is 2.22. The lowest BCUT2D eigenvalue weighted by Crippen LogP contribution is -2.17. The van der Waals surface area contributed by atoms with Crippen molar-refractivity contribution in [2.45, 2.75) is 46.5 Å². The average Bonchev–Trinajstić information content (AvgIpc) is 2.01. The standard InChI is InChI=1S/C9H18O/c1-4-9(5-2,6-3)7-8-10/h8H,4-7H2,1-3H3. The number of carbonyl (C=O) groups excluding carboxylic acids is 1. The Labute approximate surface area is 63.8 Å². The molecule has 0 radical (unpaired) electrons. The molecule has 60 valence electrons. The Hall–Kier alpha value is -0.330. The van der Waals surface area contributed by atoms with Gasteiger partial charge in [0.05, 0.1) is 0 Å². The fraction of sp³-hybridized carbons (Fsp3) is 0.889. The highest BCUT2D eigenvalue weighted by molar-refractivity contribution is 5.50. The summed E-state index contributed by atoms with van der Waals surface area (Å²) in [6.45, 7) is 6.49. The van der Waals surface area contributed by atoms with Crippen molar-refractivity contribution in [3.8, 4) is 0 Å². The minimum Gasteiger partial charge on any atom is -0.303 e. The van der Waals surface area contributed by atoms with Gasteiger partial charge in [0.25, 0.3) is 0 Å². The van der Waals surface area contributed by atoms with Gasteiger partial charge in [-0.3, -0.25) is 0 Å². The Morgan fingerprint density at radius 1 is 1.10 bits per heavy atom. The first-order valence-corrected chi connectivity index (χ1v) is 4.18. The van der Waals surface area contributed by atoms with E-state index >= 15 is 0 Å². The van der Waals surface area contributed by atoms with Crippen LogP contribution in [0.4, 0.5) is 0 Å². The molecular formula is C9H18O. The highest BCUT2D eigenvalue weighted by atomic mass is 16.1. The van der Waals surface area contributed by atoms with Gasteiger partial charge in [-0.25, -0.2) is 0 Å². The molecule has 0 saturated heterocycles. The van der Waals surface area contributed by atoms with E-state index in [1.165, 1.54) is 0 Å². The summed E-state index contributed by atoms with van der Waals surface area (Å²) in [5.41, 5.74) is 0.307. The average molecular weight is 142 g/mol. The summed E-state index contributed by atoms with van der Waals surface area (Å²) in [7, 11) is 0. The summed E-state index contributed by atoms with van der Waals surface area (Å²) < 4.78 is 0. The summed E-state index contributed by atoms with van der Waals surface area (Å²) in [4.78, 5) is 10.3. The first kappa shape index (κ1) is 9.67. The monoisotopic (exact) mass is 142 g/mol. The summed E-state index contributed by atoms with van der Waals surface area (Å²) >= 11 is 0. The maximum Gasteiger partial charge on any atom is 0.120 e. The SMILES string of the molecule is CCC(CC)(CC)CC=O. The normalized spacial score (nSPS) is 11.5. The van der Waals surface area contributed by atoms with Crippen LogP contribution < -0.4 is 0 Å². The Morgan fingerprint density at radius 3 is 1.60 bits per heavy atom. The van der Waals surface area contributed by atoms with Crippen LogP contribution in [0, 0.1) is 5.41 Å². The molecule has 0 rings (SSSR count). The van der Waals surface area contributed by atoms with Crippen molar-refractivity contribution in [2.24, 2.45) is 5.41 Å². The predicted molar refractivity (Wildman–Crippen MR) is 44.0 cm³/mol. The van der Waals surface area contributed by atoms with Crippen LogP contribution in [0.2, 0.25) is 0 Å². The fourth-order valence-electron chi connectivity index (χ4n) is 1.36. The zero-order chi connectivity index (χ0) is 8.04. The lowest BCUT2D eigenvalue weighted by atomic mass is 9.77. The molecule has 0 fully saturated rings. The molecule has 0 atom stereocenters. The maximum atomic E-state index is 10.3. The molecule has 0 N–H and O–H groups in total. The third-order valence-electron chi connectivity index (χ3n) is 2.77. The van der Waals surface area contributed by atoms with Crippen molar-refractivity contribution in [2.75, 3.05) is 0 Å². The van der Waals surface area contributed by atoms with E-state index in [1.807, 2.05) is 0 Å². The van der Waals surface area contributed by atoms with Gasteiger partial charge in [0.1, 0.15) is 6.29 Å². The summed E-state index contributed by atoms with van der Waals surface area (Å²) in [5, 5.41) is 0. The van der Waals surface area contributed by atoms with Crippen LogP contribution in [0.1, 0.15) is 46.5 Å². The van der Waals surface area contributed by atoms with Crippen molar-refractivity contribution in [1.82, 2.24) is 0 Å². The lowest BCUT2D eigenvalue weighted by molar-refractivity contribution is -0.110. The molecule has 1 heteroatoms. The van der Waals surface area contributed by atoms with E-state index in [-0.39, 0.29) is 0 Å². The van der Waals surface area contributed by atoms with Gasteiger partial charge in [-0.05, 0) is 5.41 Å². The molecule has 0 aromatic carbocycles. The van der Waals surface area contributed by atoms with Gasteiger partial charge in [0.15, 0.2) is 0 Å². The summed E-state index contributed by atoms with van der Waals surface area (Å²) in [6, 6.07) is 0. The molecule has 0 aromatic heterocycles. The van der Waals surface area contributed by atoms with E-state index in [0.717, 1.165) is 32.0 Å². The first-order chi connectivity index (χ1) is 4.74. The van der Waals surface area contributed by atoms with Gasteiger partial charge in [0, 0.05) is 6.42 Å². The molecule has 0 aliphatic rings. The topological polar surface area (TPSA) is 17.1 Å².